The van der Waals surface area contributed by atoms with Gasteiger partial charge in [0.05, 0.1) is 0 Å². The Bertz CT molecular complexity index is 512. The van der Waals surface area contributed by atoms with E-state index >= 15 is 0 Å². The Hall–Kier alpha value is -1.28. The van der Waals surface area contributed by atoms with Crippen molar-refractivity contribution in [3.63, 3.8) is 0 Å². The number of hydrogen-bond donors (Lipinski definition) is 1. The summed E-state index contributed by atoms with van der Waals surface area (Å²) in [6.07, 6.45) is 2.80. The van der Waals surface area contributed by atoms with E-state index in [0.29, 0.717) is 11.8 Å². The van der Waals surface area contributed by atoms with E-state index < -0.39 is 5.60 Å². The van der Waals surface area contributed by atoms with Crippen molar-refractivity contribution in [2.45, 2.75) is 38.7 Å². The van der Waals surface area contributed by atoms with Gasteiger partial charge < -0.3 is 9.52 Å². The minimum absolute atomic E-state index is 0.548. The van der Waals surface area contributed by atoms with Crippen LogP contribution in [0.3, 0.4) is 0 Å². The molecule has 18 heavy (non-hydrogen) atoms. The maximum absolute atomic E-state index is 10.9. The molecule has 2 unspecified atom stereocenters. The van der Waals surface area contributed by atoms with Gasteiger partial charge in [0.1, 0.15) is 16.9 Å². The van der Waals surface area contributed by atoms with Crippen LogP contribution in [0.4, 0.5) is 0 Å². The Balaban J connectivity index is 2.01. The van der Waals surface area contributed by atoms with Gasteiger partial charge in [-0.1, -0.05) is 32.0 Å². The minimum atomic E-state index is -0.782. The van der Waals surface area contributed by atoms with Crippen LogP contribution in [0.15, 0.2) is 34.7 Å². The standard InChI is InChI=1S/C16H20O2/c1-11-7-12(2)10-16(17,9-11)15-8-13-5-3-4-6-14(13)18-15/h3-6,8,11-12,17H,7,9-10H2,1-2H3. The van der Waals surface area contributed by atoms with Gasteiger partial charge in [-0.25, -0.2) is 0 Å². The van der Waals surface area contributed by atoms with E-state index in [1.807, 2.05) is 30.3 Å². The van der Waals surface area contributed by atoms with Crippen molar-refractivity contribution in [1.29, 1.82) is 0 Å². The van der Waals surface area contributed by atoms with Crippen LogP contribution >= 0.6 is 0 Å². The number of para-hydroxylation sites is 1. The molecule has 96 valence electrons. The molecule has 1 aromatic heterocycles. The van der Waals surface area contributed by atoms with Gasteiger partial charge >= 0.3 is 0 Å². The van der Waals surface area contributed by atoms with Crippen LogP contribution < -0.4 is 0 Å². The third-order valence-corrected chi connectivity index (χ3v) is 4.06. The smallest absolute Gasteiger partial charge is 0.136 e. The van der Waals surface area contributed by atoms with Crippen LogP contribution in [-0.4, -0.2) is 5.11 Å². The minimum Gasteiger partial charge on any atom is -0.458 e. The van der Waals surface area contributed by atoms with E-state index in [1.165, 1.54) is 6.42 Å². The highest BCUT2D eigenvalue weighted by Gasteiger charge is 2.40. The molecule has 1 fully saturated rings. The molecular weight excluding hydrogens is 224 g/mol. The first-order chi connectivity index (χ1) is 8.57. The van der Waals surface area contributed by atoms with Crippen molar-refractivity contribution >= 4 is 11.0 Å². The molecule has 1 aliphatic carbocycles. The number of furan rings is 1. The van der Waals surface area contributed by atoms with Crippen LogP contribution in [0, 0.1) is 11.8 Å². The van der Waals surface area contributed by atoms with Crippen molar-refractivity contribution in [2.75, 3.05) is 0 Å². The Morgan fingerprint density at radius 2 is 1.83 bits per heavy atom. The maximum Gasteiger partial charge on any atom is 0.136 e. The predicted octanol–water partition coefficient (Wildman–Crippen LogP) is 4.08. The zero-order valence-electron chi connectivity index (χ0n) is 11.0. The lowest BCUT2D eigenvalue weighted by atomic mass is 9.73. The third kappa shape index (κ3) is 1.95. The molecule has 1 N–H and O–H groups in total. The fraction of sp³-hybridized carbons (Fsp3) is 0.500. The van der Waals surface area contributed by atoms with Crippen LogP contribution in [-0.2, 0) is 5.60 Å². The van der Waals surface area contributed by atoms with Gasteiger partial charge in [-0.2, -0.15) is 0 Å². The van der Waals surface area contributed by atoms with Crippen molar-refractivity contribution in [1.82, 2.24) is 0 Å². The van der Waals surface area contributed by atoms with Gasteiger partial charge in [0.15, 0.2) is 0 Å². The van der Waals surface area contributed by atoms with Gasteiger partial charge in [0.25, 0.3) is 0 Å². The summed E-state index contributed by atoms with van der Waals surface area (Å²) in [5.74, 6) is 1.83. The topological polar surface area (TPSA) is 33.4 Å². The lowest BCUT2D eigenvalue weighted by Crippen LogP contribution is -2.35. The number of hydrogen-bond acceptors (Lipinski definition) is 2. The first-order valence-corrected chi connectivity index (χ1v) is 6.78. The van der Waals surface area contributed by atoms with Crippen LogP contribution in [0.2, 0.25) is 0 Å². The molecule has 2 aromatic rings. The van der Waals surface area contributed by atoms with Crippen molar-refractivity contribution < 1.29 is 9.52 Å². The monoisotopic (exact) mass is 244 g/mol. The second-order valence-corrected chi connectivity index (χ2v) is 6.03. The molecule has 0 saturated heterocycles. The molecule has 1 saturated carbocycles. The molecule has 0 amide bonds. The molecule has 0 radical (unpaired) electrons. The van der Waals surface area contributed by atoms with Gasteiger partial charge in [-0.3, -0.25) is 0 Å². The van der Waals surface area contributed by atoms with E-state index in [9.17, 15) is 5.11 Å². The second kappa shape index (κ2) is 4.13. The molecule has 3 rings (SSSR count). The van der Waals surface area contributed by atoms with Crippen molar-refractivity contribution in [3.8, 4) is 0 Å². The largest absolute Gasteiger partial charge is 0.458 e. The summed E-state index contributed by atoms with van der Waals surface area (Å²) in [6.45, 7) is 4.42. The Kier molecular flexibility index (Phi) is 2.70. The molecule has 2 atom stereocenters. The SMILES string of the molecule is CC1CC(C)CC(O)(c2cc3ccccc3o2)C1. The summed E-state index contributed by atoms with van der Waals surface area (Å²) in [7, 11) is 0. The first kappa shape index (κ1) is 11.8. The van der Waals surface area contributed by atoms with Gasteiger partial charge in [0, 0.05) is 5.39 Å². The first-order valence-electron chi connectivity index (χ1n) is 6.78. The summed E-state index contributed by atoms with van der Waals surface area (Å²) in [6, 6.07) is 9.95. The van der Waals surface area contributed by atoms with E-state index in [1.54, 1.807) is 0 Å². The van der Waals surface area contributed by atoms with Gasteiger partial charge in [-0.15, -0.1) is 0 Å². The van der Waals surface area contributed by atoms with E-state index in [4.69, 9.17) is 4.42 Å². The Labute approximate surface area is 108 Å². The summed E-state index contributed by atoms with van der Waals surface area (Å²) in [5, 5.41) is 12.0. The second-order valence-electron chi connectivity index (χ2n) is 6.03. The Morgan fingerprint density at radius 3 is 2.50 bits per heavy atom. The normalized spacial score (nSPS) is 32.8. The highest BCUT2D eigenvalue weighted by molar-refractivity contribution is 5.77. The van der Waals surface area contributed by atoms with E-state index in [-0.39, 0.29) is 0 Å². The molecule has 1 aliphatic rings. The summed E-state index contributed by atoms with van der Waals surface area (Å²) >= 11 is 0. The molecule has 1 heterocycles. The number of fused-ring (bicyclic) bond motifs is 1. The molecule has 2 nitrogen and oxygen atoms in total. The lowest BCUT2D eigenvalue weighted by Gasteiger charge is -2.37. The van der Waals surface area contributed by atoms with Crippen molar-refractivity contribution in [3.05, 3.63) is 36.1 Å². The zero-order chi connectivity index (χ0) is 12.8. The summed E-state index contributed by atoms with van der Waals surface area (Å²) in [4.78, 5) is 0. The lowest BCUT2D eigenvalue weighted by molar-refractivity contribution is -0.0515. The molecule has 0 aliphatic heterocycles. The van der Waals surface area contributed by atoms with Crippen LogP contribution in [0.5, 0.6) is 0 Å². The van der Waals surface area contributed by atoms with E-state index in [0.717, 1.165) is 29.6 Å². The fourth-order valence-corrected chi connectivity index (χ4v) is 3.50. The third-order valence-electron chi connectivity index (χ3n) is 4.06. The molecule has 2 heteroatoms. The van der Waals surface area contributed by atoms with E-state index in [2.05, 4.69) is 13.8 Å². The molecule has 0 bridgehead atoms. The quantitative estimate of drug-likeness (QED) is 0.820. The average Bonchev–Trinajstić information content (AvgIpc) is 2.71. The molecular formula is C16H20O2. The highest BCUT2D eigenvalue weighted by Crippen LogP contribution is 2.43. The summed E-state index contributed by atoms with van der Waals surface area (Å²) in [5.41, 5.74) is 0.0858. The fourth-order valence-electron chi connectivity index (χ4n) is 3.50. The zero-order valence-corrected chi connectivity index (χ0v) is 11.0. The summed E-state index contributed by atoms with van der Waals surface area (Å²) < 4.78 is 5.86. The van der Waals surface area contributed by atoms with Gasteiger partial charge in [0.2, 0.25) is 0 Å². The maximum atomic E-state index is 10.9. The highest BCUT2D eigenvalue weighted by atomic mass is 16.4. The predicted molar refractivity (Wildman–Crippen MR) is 72.3 cm³/mol. The Morgan fingerprint density at radius 1 is 1.17 bits per heavy atom. The van der Waals surface area contributed by atoms with Crippen LogP contribution in [0.1, 0.15) is 38.9 Å². The average molecular weight is 244 g/mol. The number of aliphatic hydroxyl groups is 1. The van der Waals surface area contributed by atoms with Gasteiger partial charge in [-0.05, 0) is 43.2 Å². The molecule has 0 spiro atoms. The van der Waals surface area contributed by atoms with Crippen molar-refractivity contribution in [2.24, 2.45) is 11.8 Å². The number of benzene rings is 1. The molecule has 1 aromatic carbocycles. The van der Waals surface area contributed by atoms with Crippen LogP contribution in [0.25, 0.3) is 11.0 Å². The number of rotatable bonds is 1.